The van der Waals surface area contributed by atoms with Gasteiger partial charge < -0.3 is 4.74 Å². The molecule has 1 nitrogen and oxygen atoms in total. The molecule has 1 aliphatic heterocycles. The van der Waals surface area contributed by atoms with E-state index in [4.69, 9.17) is 4.74 Å². The van der Waals surface area contributed by atoms with E-state index in [2.05, 4.69) is 66.7 Å². The van der Waals surface area contributed by atoms with Gasteiger partial charge in [-0.2, -0.15) is 0 Å². The Morgan fingerprint density at radius 3 is 1.82 bits per heavy atom. The summed E-state index contributed by atoms with van der Waals surface area (Å²) in [7, 11) is 0. The van der Waals surface area contributed by atoms with Crippen molar-refractivity contribution in [1.82, 2.24) is 0 Å². The fraction of sp³-hybridized carbons (Fsp3) is 0.714. The molecule has 1 rings (SSSR count). The Morgan fingerprint density at radius 2 is 1.41 bits per heavy atom. The molecule has 0 unspecified atom stereocenters. The van der Waals surface area contributed by atoms with Gasteiger partial charge in [0.2, 0.25) is 0 Å². The van der Waals surface area contributed by atoms with Crippen LogP contribution in [0, 0.1) is 10.8 Å². The Labute approximate surface area is 138 Å². The molecule has 0 aromatic carbocycles. The van der Waals surface area contributed by atoms with E-state index in [1.165, 1.54) is 42.4 Å². The van der Waals surface area contributed by atoms with Gasteiger partial charge >= 0.3 is 0 Å². The first-order valence-electron chi connectivity index (χ1n) is 8.84. The Bertz CT molecular complexity index is 402. The van der Waals surface area contributed by atoms with Crippen molar-refractivity contribution in [3.63, 3.8) is 0 Å². The predicted octanol–water partition coefficient (Wildman–Crippen LogP) is 6.47. The molecule has 0 radical (unpaired) electrons. The molecule has 0 aliphatic carbocycles. The van der Waals surface area contributed by atoms with Crippen LogP contribution in [0.15, 0.2) is 34.9 Å². The minimum absolute atomic E-state index is 0.162. The highest BCUT2D eigenvalue weighted by molar-refractivity contribution is 5.39. The maximum absolute atomic E-state index is 5.98. The maximum atomic E-state index is 5.98. The summed E-state index contributed by atoms with van der Waals surface area (Å²) < 4.78 is 5.98. The van der Waals surface area contributed by atoms with Crippen molar-refractivity contribution in [3.8, 4) is 0 Å². The molecule has 0 spiro atoms. The molecule has 1 heteroatoms. The van der Waals surface area contributed by atoms with Crippen LogP contribution in [-0.4, -0.2) is 13.2 Å². The van der Waals surface area contributed by atoms with Gasteiger partial charge in [-0.15, -0.1) is 0 Å². The molecule has 1 aliphatic rings. The smallest absolute Gasteiger partial charge is 0.0689 e. The molecule has 1 heterocycles. The molecule has 0 aromatic rings. The van der Waals surface area contributed by atoms with E-state index in [1.807, 2.05) is 0 Å². The molecule has 0 saturated heterocycles. The van der Waals surface area contributed by atoms with E-state index in [1.54, 1.807) is 0 Å². The molecule has 0 aromatic heterocycles. The van der Waals surface area contributed by atoms with E-state index in [0.29, 0.717) is 0 Å². The van der Waals surface area contributed by atoms with Crippen molar-refractivity contribution in [2.75, 3.05) is 13.2 Å². The first kappa shape index (κ1) is 19.2. The van der Waals surface area contributed by atoms with Gasteiger partial charge in [0.15, 0.2) is 0 Å². The van der Waals surface area contributed by atoms with Crippen LogP contribution in [0.1, 0.15) is 74.1 Å². The highest BCUT2D eigenvalue weighted by Gasteiger charge is 2.22. The topological polar surface area (TPSA) is 9.23 Å². The average molecular weight is 305 g/mol. The molecule has 22 heavy (non-hydrogen) atoms. The second-order valence-corrected chi connectivity index (χ2v) is 8.53. The lowest BCUT2D eigenvalue weighted by Crippen LogP contribution is -2.21. The van der Waals surface area contributed by atoms with Crippen molar-refractivity contribution in [1.29, 1.82) is 0 Å². The quantitative estimate of drug-likeness (QED) is 0.541. The van der Waals surface area contributed by atoms with Crippen LogP contribution >= 0.6 is 0 Å². The maximum Gasteiger partial charge on any atom is 0.0689 e. The summed E-state index contributed by atoms with van der Waals surface area (Å²) in [6, 6.07) is 0. The van der Waals surface area contributed by atoms with E-state index < -0.39 is 0 Å². The largest absolute Gasteiger partial charge is 0.373 e. The summed E-state index contributed by atoms with van der Waals surface area (Å²) in [5.74, 6) is 0. The summed E-state index contributed by atoms with van der Waals surface area (Å²) in [5, 5.41) is 0. The minimum Gasteiger partial charge on any atom is -0.373 e. The molecule has 0 atom stereocenters. The lowest BCUT2D eigenvalue weighted by Gasteiger charge is -2.29. The Hall–Kier alpha value is -0.820. The molecule has 0 amide bonds. The molecular weight excluding hydrogens is 268 g/mol. The average Bonchev–Trinajstić information content (AvgIpc) is 2.33. The lowest BCUT2D eigenvalue weighted by atomic mass is 9.82. The van der Waals surface area contributed by atoms with Gasteiger partial charge in [-0.05, 0) is 40.4 Å². The molecule has 0 bridgehead atoms. The summed E-state index contributed by atoms with van der Waals surface area (Å²) in [4.78, 5) is 0. The fourth-order valence-electron chi connectivity index (χ4n) is 2.45. The summed E-state index contributed by atoms with van der Waals surface area (Å²) >= 11 is 0. The van der Waals surface area contributed by atoms with Gasteiger partial charge in [0, 0.05) is 0 Å². The second-order valence-electron chi connectivity index (χ2n) is 8.53. The number of hydrogen-bond donors (Lipinski definition) is 0. The molecule has 0 saturated carbocycles. The summed E-state index contributed by atoms with van der Waals surface area (Å²) in [6.45, 7) is 17.4. The van der Waals surface area contributed by atoms with Crippen LogP contribution in [0.4, 0.5) is 0 Å². The second kappa shape index (κ2) is 8.15. The van der Waals surface area contributed by atoms with Crippen molar-refractivity contribution in [3.05, 3.63) is 34.9 Å². The molecule has 126 valence electrons. The lowest BCUT2D eigenvalue weighted by molar-refractivity contribution is 0.153. The number of unbranched alkanes of at least 4 members (excludes halogenated alkanes) is 3. The Kier molecular flexibility index (Phi) is 7.12. The molecule has 0 N–H and O–H groups in total. The van der Waals surface area contributed by atoms with Gasteiger partial charge in [0.05, 0.1) is 13.2 Å². The van der Waals surface area contributed by atoms with Gasteiger partial charge in [-0.25, -0.2) is 0 Å². The van der Waals surface area contributed by atoms with Crippen molar-refractivity contribution in [2.24, 2.45) is 10.8 Å². The molecular formula is C21H36O. The highest BCUT2D eigenvalue weighted by Crippen LogP contribution is 2.32. The predicted molar refractivity (Wildman–Crippen MR) is 98.1 cm³/mol. The van der Waals surface area contributed by atoms with Crippen LogP contribution in [0.2, 0.25) is 0 Å². The Morgan fingerprint density at radius 1 is 0.909 bits per heavy atom. The van der Waals surface area contributed by atoms with Gasteiger partial charge in [0.25, 0.3) is 0 Å². The van der Waals surface area contributed by atoms with E-state index in [9.17, 15) is 0 Å². The number of allylic oxidation sites excluding steroid dienone is 4. The van der Waals surface area contributed by atoms with Crippen LogP contribution < -0.4 is 0 Å². The zero-order chi connectivity index (χ0) is 16.8. The van der Waals surface area contributed by atoms with Gasteiger partial charge in [-0.1, -0.05) is 79.5 Å². The standard InChI is InChI=1S/C21H36O/c1-8-9-10-11-12-17-13-18(20(2,3)4)15-22-16-19(14-17)21(5,6)7/h12-14H,8-11,15-16H2,1-7H3/b18-13+,19-14+. The first-order chi connectivity index (χ1) is 10.1. The van der Waals surface area contributed by atoms with E-state index in [-0.39, 0.29) is 10.8 Å². The first-order valence-corrected chi connectivity index (χ1v) is 8.84. The van der Waals surface area contributed by atoms with Gasteiger partial charge in [0.1, 0.15) is 0 Å². The van der Waals surface area contributed by atoms with E-state index >= 15 is 0 Å². The van der Waals surface area contributed by atoms with Crippen LogP contribution in [0.3, 0.4) is 0 Å². The zero-order valence-electron chi connectivity index (χ0n) is 15.9. The zero-order valence-corrected chi connectivity index (χ0v) is 15.9. The minimum atomic E-state index is 0.162. The van der Waals surface area contributed by atoms with Crippen molar-refractivity contribution in [2.45, 2.75) is 74.1 Å². The van der Waals surface area contributed by atoms with Crippen LogP contribution in [0.25, 0.3) is 0 Å². The number of rotatable bonds is 4. The van der Waals surface area contributed by atoms with Crippen molar-refractivity contribution >= 4 is 0 Å². The number of ether oxygens (including phenoxy) is 1. The fourth-order valence-corrected chi connectivity index (χ4v) is 2.45. The Balaban J connectivity index is 3.09. The van der Waals surface area contributed by atoms with Gasteiger partial charge in [-0.3, -0.25) is 0 Å². The highest BCUT2D eigenvalue weighted by atomic mass is 16.5. The van der Waals surface area contributed by atoms with Crippen molar-refractivity contribution < 1.29 is 4.74 Å². The SMILES string of the molecule is CCCCCC=C1/C=C(/C(C)(C)C)COC/C(C(C)(C)C)=C\1. The summed E-state index contributed by atoms with van der Waals surface area (Å²) in [5.41, 5.74) is 4.47. The van der Waals surface area contributed by atoms with Crippen LogP contribution in [-0.2, 0) is 4.74 Å². The van der Waals surface area contributed by atoms with Crippen LogP contribution in [0.5, 0.6) is 0 Å². The third-order valence-electron chi connectivity index (χ3n) is 4.31. The van der Waals surface area contributed by atoms with E-state index in [0.717, 1.165) is 13.2 Å². The normalized spacial score (nSPS) is 22.2. The monoisotopic (exact) mass is 304 g/mol. The molecule has 0 fully saturated rings. The third kappa shape index (κ3) is 6.52. The number of hydrogen-bond acceptors (Lipinski definition) is 1. The third-order valence-corrected chi connectivity index (χ3v) is 4.31. The summed E-state index contributed by atoms with van der Waals surface area (Å²) in [6.07, 6.45) is 12.2.